The smallest absolute Gasteiger partial charge is 0.349 e. The van der Waals surface area contributed by atoms with E-state index in [0.717, 1.165) is 0 Å². The summed E-state index contributed by atoms with van der Waals surface area (Å²) < 4.78 is 10.4. The number of nitrogens with zero attached hydrogens (tertiary/aromatic N) is 2. The maximum atomic E-state index is 12.4. The highest BCUT2D eigenvalue weighted by Gasteiger charge is 2.12. The lowest BCUT2D eigenvalue weighted by atomic mass is 10.2. The summed E-state index contributed by atoms with van der Waals surface area (Å²) in [6.45, 7) is -0.356. The zero-order chi connectivity index (χ0) is 20.3. The molecule has 28 heavy (non-hydrogen) atoms. The molecule has 3 aromatic rings. The number of rotatable bonds is 5. The number of esters is 1. The number of benzene rings is 2. The number of carbonyl (C=O) groups is 1. The van der Waals surface area contributed by atoms with Gasteiger partial charge in [-0.2, -0.15) is 5.10 Å². The fourth-order valence-electron chi connectivity index (χ4n) is 2.36. The van der Waals surface area contributed by atoms with Crippen LogP contribution < -0.4 is 16.0 Å². The molecule has 0 bridgehead atoms. The summed E-state index contributed by atoms with van der Waals surface area (Å²) in [4.78, 5) is 38.3. The number of fused-ring (bicyclic) bond motifs is 1. The summed E-state index contributed by atoms with van der Waals surface area (Å²) >= 11 is 12.2. The van der Waals surface area contributed by atoms with Gasteiger partial charge in [0.25, 0.3) is 5.56 Å². The second-order valence-corrected chi connectivity index (χ2v) is 6.33. The molecule has 8 nitrogen and oxygen atoms in total. The first-order chi connectivity index (χ1) is 13.4. The van der Waals surface area contributed by atoms with Crippen LogP contribution >= 0.6 is 23.2 Å². The predicted molar refractivity (Wildman–Crippen MR) is 106 cm³/mol. The van der Waals surface area contributed by atoms with Gasteiger partial charge in [-0.3, -0.25) is 4.79 Å². The molecule has 0 aliphatic heterocycles. The van der Waals surface area contributed by atoms with Crippen molar-refractivity contribution < 1.29 is 14.3 Å². The number of hydrogen-bond acceptors (Lipinski definition) is 6. The van der Waals surface area contributed by atoms with Crippen LogP contribution in [-0.2, 0) is 9.53 Å². The zero-order valence-corrected chi connectivity index (χ0v) is 16.0. The Bertz CT molecular complexity index is 1180. The first kappa shape index (κ1) is 19.7. The molecule has 144 valence electrons. The lowest BCUT2D eigenvalue weighted by Crippen LogP contribution is -2.32. The van der Waals surface area contributed by atoms with Gasteiger partial charge in [0, 0.05) is 0 Å². The molecule has 0 saturated carbocycles. The second kappa shape index (κ2) is 8.28. The van der Waals surface area contributed by atoms with Crippen LogP contribution in [0.2, 0.25) is 10.0 Å². The van der Waals surface area contributed by atoms with E-state index >= 15 is 0 Å². The number of carbonyl (C=O) groups excluding carboxylic acids is 1. The van der Waals surface area contributed by atoms with E-state index in [1.165, 1.54) is 25.5 Å². The van der Waals surface area contributed by atoms with Crippen molar-refractivity contribution in [3.63, 3.8) is 0 Å². The van der Waals surface area contributed by atoms with Gasteiger partial charge in [0.1, 0.15) is 0 Å². The second-order valence-electron chi connectivity index (χ2n) is 5.52. The number of aromatic nitrogens is 2. The largest absolute Gasteiger partial charge is 0.479 e. The van der Waals surface area contributed by atoms with Gasteiger partial charge in [0.2, 0.25) is 0 Å². The van der Waals surface area contributed by atoms with E-state index in [0.29, 0.717) is 21.1 Å². The van der Waals surface area contributed by atoms with E-state index in [9.17, 15) is 14.4 Å². The molecule has 0 atom stereocenters. The molecule has 0 amide bonds. The lowest BCUT2D eigenvalue weighted by molar-refractivity contribution is -0.142. The van der Waals surface area contributed by atoms with Gasteiger partial charge >= 0.3 is 11.7 Å². The molecule has 1 heterocycles. The minimum atomic E-state index is -0.685. The van der Waals surface area contributed by atoms with Crippen molar-refractivity contribution in [2.45, 2.75) is 0 Å². The standard InChI is InChI=1S/C18H13Cl2N3O5/c1-27-15(24)9-28-16-12(19)6-10(7-13(16)20)8-21-23-17(25)11-4-2-3-5-14(11)22-18(23)26/h2-8H,9H2,1H3,(H,22,26). The van der Waals surface area contributed by atoms with Crippen molar-refractivity contribution in [2.24, 2.45) is 5.10 Å². The van der Waals surface area contributed by atoms with Gasteiger partial charge in [0.15, 0.2) is 12.4 Å². The molecule has 0 fully saturated rings. The zero-order valence-electron chi connectivity index (χ0n) is 14.4. The van der Waals surface area contributed by atoms with E-state index < -0.39 is 17.2 Å². The third-order valence-corrected chi connectivity index (χ3v) is 4.25. The summed E-state index contributed by atoms with van der Waals surface area (Å²) in [5.41, 5.74) is -0.414. The molecule has 10 heteroatoms. The molecule has 0 unspecified atom stereocenters. The highest BCUT2D eigenvalue weighted by molar-refractivity contribution is 6.37. The van der Waals surface area contributed by atoms with E-state index in [2.05, 4.69) is 14.8 Å². The number of aromatic amines is 1. The van der Waals surface area contributed by atoms with Gasteiger partial charge in [-0.25, -0.2) is 9.59 Å². The fraction of sp³-hybridized carbons (Fsp3) is 0.111. The quantitative estimate of drug-likeness (QED) is 0.503. The Balaban J connectivity index is 1.93. The first-order valence-electron chi connectivity index (χ1n) is 7.88. The maximum Gasteiger partial charge on any atom is 0.349 e. The normalized spacial score (nSPS) is 11.1. The summed E-state index contributed by atoms with van der Waals surface area (Å²) in [6.07, 6.45) is 1.26. The summed E-state index contributed by atoms with van der Waals surface area (Å²) in [5.74, 6) is -0.487. The molecule has 2 aromatic carbocycles. The van der Waals surface area contributed by atoms with Crippen LogP contribution in [0.5, 0.6) is 5.75 Å². The average molecular weight is 422 g/mol. The molecule has 0 spiro atoms. The third-order valence-electron chi connectivity index (χ3n) is 3.69. The van der Waals surface area contributed by atoms with Gasteiger partial charge in [-0.15, -0.1) is 4.68 Å². The maximum absolute atomic E-state index is 12.4. The van der Waals surface area contributed by atoms with Crippen LogP contribution in [0.25, 0.3) is 10.9 Å². The lowest BCUT2D eigenvalue weighted by Gasteiger charge is -2.09. The van der Waals surface area contributed by atoms with Crippen molar-refractivity contribution in [1.82, 2.24) is 9.66 Å². The van der Waals surface area contributed by atoms with Crippen LogP contribution in [0.15, 0.2) is 51.1 Å². The molecule has 0 radical (unpaired) electrons. The number of para-hydroxylation sites is 1. The first-order valence-corrected chi connectivity index (χ1v) is 8.63. The molecule has 3 rings (SSSR count). The summed E-state index contributed by atoms with van der Waals surface area (Å²) in [6, 6.07) is 9.52. The highest BCUT2D eigenvalue weighted by Crippen LogP contribution is 2.33. The highest BCUT2D eigenvalue weighted by atomic mass is 35.5. The fourth-order valence-corrected chi connectivity index (χ4v) is 2.98. The number of hydrogen-bond donors (Lipinski definition) is 1. The minimum absolute atomic E-state index is 0.103. The monoisotopic (exact) mass is 421 g/mol. The SMILES string of the molecule is COC(=O)COc1c(Cl)cc(C=Nn2c(=O)[nH]c3ccccc3c2=O)cc1Cl. The Kier molecular flexibility index (Phi) is 5.81. The van der Waals surface area contributed by atoms with E-state index in [1.807, 2.05) is 0 Å². The third kappa shape index (κ3) is 4.08. The number of methoxy groups -OCH3 is 1. The molecule has 1 aromatic heterocycles. The van der Waals surface area contributed by atoms with Crippen molar-refractivity contribution in [3.8, 4) is 5.75 Å². The van der Waals surface area contributed by atoms with Crippen LogP contribution in [0.1, 0.15) is 5.56 Å². The van der Waals surface area contributed by atoms with Gasteiger partial charge in [0.05, 0.1) is 34.3 Å². The van der Waals surface area contributed by atoms with Crippen LogP contribution in [0, 0.1) is 0 Å². The van der Waals surface area contributed by atoms with Gasteiger partial charge in [-0.1, -0.05) is 35.3 Å². The van der Waals surface area contributed by atoms with E-state index in [4.69, 9.17) is 27.9 Å². The van der Waals surface area contributed by atoms with Crippen LogP contribution in [-0.4, -0.2) is 35.6 Å². The Morgan fingerprint density at radius 1 is 1.21 bits per heavy atom. The van der Waals surface area contributed by atoms with Crippen molar-refractivity contribution in [2.75, 3.05) is 13.7 Å². The molecular formula is C18H13Cl2N3O5. The number of halogens is 2. The van der Waals surface area contributed by atoms with Crippen LogP contribution in [0.4, 0.5) is 0 Å². The van der Waals surface area contributed by atoms with Crippen molar-refractivity contribution in [1.29, 1.82) is 0 Å². The van der Waals surface area contributed by atoms with Gasteiger partial charge < -0.3 is 14.5 Å². The predicted octanol–water partition coefficient (Wildman–Crippen LogP) is 2.43. The van der Waals surface area contributed by atoms with Crippen molar-refractivity contribution >= 4 is 46.3 Å². The molecule has 0 aliphatic rings. The van der Waals surface area contributed by atoms with Gasteiger partial charge in [-0.05, 0) is 29.8 Å². The Morgan fingerprint density at radius 3 is 2.57 bits per heavy atom. The Labute approximate surface area is 167 Å². The van der Waals surface area contributed by atoms with E-state index in [-0.39, 0.29) is 22.4 Å². The molecular weight excluding hydrogens is 409 g/mol. The summed E-state index contributed by atoms with van der Waals surface area (Å²) in [7, 11) is 1.23. The molecule has 0 saturated heterocycles. The van der Waals surface area contributed by atoms with Crippen LogP contribution in [0.3, 0.4) is 0 Å². The minimum Gasteiger partial charge on any atom is -0.479 e. The average Bonchev–Trinajstić information content (AvgIpc) is 2.67. The topological polar surface area (TPSA) is 103 Å². The number of nitrogens with one attached hydrogen (secondary N) is 1. The summed E-state index contributed by atoms with van der Waals surface area (Å²) in [5, 5.41) is 4.50. The molecule has 1 N–H and O–H groups in total. The Morgan fingerprint density at radius 2 is 1.89 bits per heavy atom. The molecule has 0 aliphatic carbocycles. The Hall–Kier alpha value is -3.10. The number of ether oxygens (including phenoxy) is 2. The van der Waals surface area contributed by atoms with Crippen molar-refractivity contribution in [3.05, 3.63) is 72.8 Å². The van der Waals surface area contributed by atoms with E-state index in [1.54, 1.807) is 24.3 Å². The number of H-pyrrole nitrogens is 1.